The quantitative estimate of drug-likeness (QED) is 0.780. The summed E-state index contributed by atoms with van der Waals surface area (Å²) in [6, 6.07) is 1.79. The van der Waals surface area contributed by atoms with Crippen LogP contribution in [-0.4, -0.2) is 6.61 Å². The van der Waals surface area contributed by atoms with E-state index in [1.165, 1.54) is 0 Å². The van der Waals surface area contributed by atoms with Gasteiger partial charge in [-0.3, -0.25) is 0 Å². The van der Waals surface area contributed by atoms with Gasteiger partial charge in [0, 0.05) is 0 Å². The highest BCUT2D eigenvalue weighted by molar-refractivity contribution is 9.10. The number of benzene rings is 1. The molecule has 0 saturated carbocycles. The maximum atomic E-state index is 12.3. The van der Waals surface area contributed by atoms with Crippen LogP contribution in [0.5, 0.6) is 5.75 Å². The Bertz CT molecular complexity index is 342. The molecule has 0 spiro atoms. The van der Waals surface area contributed by atoms with Crippen molar-refractivity contribution in [3.8, 4) is 5.75 Å². The van der Waals surface area contributed by atoms with E-state index in [4.69, 9.17) is 16.3 Å². The summed E-state index contributed by atoms with van der Waals surface area (Å²) in [6.45, 7) is 2.06. The van der Waals surface area contributed by atoms with Crippen molar-refractivity contribution < 1.29 is 17.9 Å². The molecule has 84 valence electrons. The molecule has 6 heteroatoms. The van der Waals surface area contributed by atoms with Crippen molar-refractivity contribution in [1.82, 2.24) is 0 Å². The summed E-state index contributed by atoms with van der Waals surface area (Å²) in [5.41, 5.74) is -0.803. The predicted octanol–water partition coefficient (Wildman–Crippen LogP) is 4.52. The van der Waals surface area contributed by atoms with Crippen LogP contribution in [0.3, 0.4) is 0 Å². The number of alkyl halides is 3. The fourth-order valence-corrected chi connectivity index (χ4v) is 1.97. The highest BCUT2D eigenvalue weighted by Crippen LogP contribution is 2.39. The van der Waals surface area contributed by atoms with Crippen molar-refractivity contribution >= 4 is 27.5 Å². The molecule has 0 saturated heterocycles. The Kier molecular flexibility index (Phi) is 3.89. The number of hydrogen-bond donors (Lipinski definition) is 0. The molecule has 15 heavy (non-hydrogen) atoms. The Morgan fingerprint density at radius 2 is 2.00 bits per heavy atom. The first-order chi connectivity index (χ1) is 6.86. The largest absolute Gasteiger partial charge is 0.491 e. The van der Waals surface area contributed by atoms with Gasteiger partial charge >= 0.3 is 6.18 Å². The Morgan fingerprint density at radius 3 is 2.40 bits per heavy atom. The summed E-state index contributed by atoms with van der Waals surface area (Å²) in [4.78, 5) is 0. The molecule has 1 aromatic rings. The van der Waals surface area contributed by atoms with Crippen LogP contribution in [0.15, 0.2) is 16.6 Å². The maximum Gasteiger partial charge on any atom is 0.416 e. The first-order valence-electron chi connectivity index (χ1n) is 4.05. The first-order valence-corrected chi connectivity index (χ1v) is 5.22. The van der Waals surface area contributed by atoms with Crippen LogP contribution in [0.2, 0.25) is 5.02 Å². The highest BCUT2D eigenvalue weighted by atomic mass is 79.9. The molecular weight excluding hydrogens is 296 g/mol. The van der Waals surface area contributed by atoms with E-state index in [1.54, 1.807) is 6.92 Å². The fraction of sp³-hybridized carbons (Fsp3) is 0.333. The molecule has 0 aliphatic rings. The lowest BCUT2D eigenvalue weighted by Crippen LogP contribution is -2.05. The van der Waals surface area contributed by atoms with Crippen molar-refractivity contribution in [2.45, 2.75) is 13.1 Å². The van der Waals surface area contributed by atoms with Crippen molar-refractivity contribution in [3.05, 3.63) is 27.2 Å². The van der Waals surface area contributed by atoms with Crippen LogP contribution >= 0.6 is 27.5 Å². The van der Waals surface area contributed by atoms with Gasteiger partial charge in [0.2, 0.25) is 0 Å². The lowest BCUT2D eigenvalue weighted by Gasteiger charge is -2.12. The van der Waals surface area contributed by atoms with Crippen LogP contribution < -0.4 is 4.74 Å². The van der Waals surface area contributed by atoms with Crippen molar-refractivity contribution in [3.63, 3.8) is 0 Å². The normalized spacial score (nSPS) is 11.6. The minimum Gasteiger partial charge on any atom is -0.491 e. The summed E-state index contributed by atoms with van der Waals surface area (Å²) in [6.07, 6.45) is -4.41. The molecule has 1 nitrogen and oxygen atoms in total. The topological polar surface area (TPSA) is 9.23 Å². The van der Waals surface area contributed by atoms with Crippen LogP contribution in [-0.2, 0) is 6.18 Å². The van der Waals surface area contributed by atoms with E-state index < -0.39 is 11.7 Å². The third-order valence-electron chi connectivity index (χ3n) is 1.61. The smallest absolute Gasteiger partial charge is 0.416 e. The second-order valence-corrected chi connectivity index (χ2v) is 3.96. The van der Waals surface area contributed by atoms with Gasteiger partial charge in [-0.15, -0.1) is 0 Å². The molecule has 0 atom stereocenters. The van der Waals surface area contributed by atoms with Crippen LogP contribution in [0.4, 0.5) is 13.2 Å². The molecule has 0 radical (unpaired) electrons. The summed E-state index contributed by atoms with van der Waals surface area (Å²) < 4.78 is 42.3. The van der Waals surface area contributed by atoms with Gasteiger partial charge in [-0.1, -0.05) is 11.6 Å². The number of rotatable bonds is 2. The number of ether oxygens (including phenoxy) is 1. The second kappa shape index (κ2) is 4.61. The van der Waals surface area contributed by atoms with Gasteiger partial charge in [-0.2, -0.15) is 13.2 Å². The minimum atomic E-state index is -4.41. The zero-order valence-electron chi connectivity index (χ0n) is 7.66. The summed E-state index contributed by atoms with van der Waals surface area (Å²) >= 11 is 8.65. The van der Waals surface area contributed by atoms with E-state index in [-0.39, 0.29) is 15.2 Å². The Morgan fingerprint density at radius 1 is 1.40 bits per heavy atom. The lowest BCUT2D eigenvalue weighted by molar-refractivity contribution is -0.137. The van der Waals surface area contributed by atoms with Gasteiger partial charge in [-0.05, 0) is 35.0 Å². The third-order valence-corrected chi connectivity index (χ3v) is 2.48. The van der Waals surface area contributed by atoms with Crippen molar-refractivity contribution in [2.75, 3.05) is 6.61 Å². The molecule has 0 amide bonds. The van der Waals surface area contributed by atoms with Crippen LogP contribution in [0.1, 0.15) is 12.5 Å². The zero-order chi connectivity index (χ0) is 11.6. The van der Waals surface area contributed by atoms with E-state index in [0.717, 1.165) is 12.1 Å². The SMILES string of the molecule is CCOc1c(Cl)cc(C(F)(F)F)cc1Br. The summed E-state index contributed by atoms with van der Waals surface area (Å²) in [7, 11) is 0. The molecule has 0 heterocycles. The zero-order valence-corrected chi connectivity index (χ0v) is 10.0. The summed E-state index contributed by atoms with van der Waals surface area (Å²) in [5, 5.41) is -0.0569. The number of hydrogen-bond acceptors (Lipinski definition) is 1. The van der Waals surface area contributed by atoms with Crippen LogP contribution in [0.25, 0.3) is 0 Å². The molecule has 0 aliphatic heterocycles. The average Bonchev–Trinajstić information content (AvgIpc) is 2.09. The molecule has 0 aromatic heterocycles. The van der Waals surface area contributed by atoms with E-state index >= 15 is 0 Å². The van der Waals surface area contributed by atoms with Gasteiger partial charge in [0.05, 0.1) is 21.7 Å². The molecule has 0 bridgehead atoms. The standard InChI is InChI=1S/C9H7BrClF3O/c1-2-15-8-6(10)3-5(4-7(8)11)9(12,13)14/h3-4H,2H2,1H3. The lowest BCUT2D eigenvalue weighted by atomic mass is 10.2. The van der Waals surface area contributed by atoms with Gasteiger partial charge in [-0.25, -0.2) is 0 Å². The number of halogens is 5. The Labute approximate surface area is 98.3 Å². The fourth-order valence-electron chi connectivity index (χ4n) is 1.01. The second-order valence-electron chi connectivity index (χ2n) is 2.70. The molecule has 0 N–H and O–H groups in total. The van der Waals surface area contributed by atoms with Gasteiger partial charge in [0.15, 0.2) is 5.75 Å². The predicted molar refractivity (Wildman–Crippen MR) is 55.3 cm³/mol. The van der Waals surface area contributed by atoms with Gasteiger partial charge < -0.3 is 4.74 Å². The van der Waals surface area contributed by atoms with Gasteiger partial charge in [0.1, 0.15) is 0 Å². The Balaban J connectivity index is 3.19. The van der Waals surface area contributed by atoms with Crippen molar-refractivity contribution in [2.24, 2.45) is 0 Å². The Hall–Kier alpha value is -0.420. The van der Waals surface area contributed by atoms with Crippen LogP contribution in [0, 0.1) is 0 Å². The molecule has 0 fully saturated rings. The monoisotopic (exact) mass is 302 g/mol. The van der Waals surface area contributed by atoms with E-state index in [0.29, 0.717) is 6.61 Å². The molecule has 1 aromatic carbocycles. The van der Waals surface area contributed by atoms with E-state index in [1.807, 2.05) is 0 Å². The van der Waals surface area contributed by atoms with E-state index in [2.05, 4.69) is 15.9 Å². The average molecular weight is 304 g/mol. The minimum absolute atomic E-state index is 0.0569. The third kappa shape index (κ3) is 3.01. The first kappa shape index (κ1) is 12.6. The molecule has 1 rings (SSSR count). The molecule has 0 unspecified atom stereocenters. The maximum absolute atomic E-state index is 12.3. The van der Waals surface area contributed by atoms with E-state index in [9.17, 15) is 13.2 Å². The summed E-state index contributed by atoms with van der Waals surface area (Å²) in [5.74, 6) is 0.229. The molecule has 0 aliphatic carbocycles. The highest BCUT2D eigenvalue weighted by Gasteiger charge is 2.32. The van der Waals surface area contributed by atoms with Crippen molar-refractivity contribution in [1.29, 1.82) is 0 Å². The molecular formula is C9H7BrClF3O. The van der Waals surface area contributed by atoms with Gasteiger partial charge in [0.25, 0.3) is 0 Å².